The van der Waals surface area contributed by atoms with Crippen LogP contribution in [0.1, 0.15) is 12.5 Å². The number of benzene rings is 2. The maximum absolute atomic E-state index is 13.2. The van der Waals surface area contributed by atoms with Gasteiger partial charge in [-0.2, -0.15) is 0 Å². The van der Waals surface area contributed by atoms with Gasteiger partial charge in [-0.05, 0) is 29.8 Å². The molecule has 0 spiro atoms. The van der Waals surface area contributed by atoms with Crippen molar-refractivity contribution in [2.75, 3.05) is 24.8 Å². The molecule has 8 nitrogen and oxygen atoms in total. The minimum absolute atomic E-state index is 0.0441. The fourth-order valence-corrected chi connectivity index (χ4v) is 3.63. The van der Waals surface area contributed by atoms with E-state index in [0.717, 1.165) is 5.56 Å². The van der Waals surface area contributed by atoms with Crippen LogP contribution < -0.4 is 15.8 Å². The number of carbonyl (C=O) groups excluding carboxylic acids is 2. The Kier molecular flexibility index (Phi) is 5.76. The molecule has 2 aromatic rings. The lowest BCUT2D eigenvalue weighted by molar-refractivity contribution is -0.145. The van der Waals surface area contributed by atoms with Crippen LogP contribution in [0.4, 0.5) is 11.4 Å². The zero-order chi connectivity index (χ0) is 21.2. The highest BCUT2D eigenvalue weighted by Crippen LogP contribution is 2.37. The van der Waals surface area contributed by atoms with Crippen molar-refractivity contribution in [1.29, 1.82) is 0 Å². The lowest BCUT2D eigenvalue weighted by Gasteiger charge is -2.37. The first-order valence-electron chi connectivity index (χ1n) is 9.24. The summed E-state index contributed by atoms with van der Waals surface area (Å²) in [6.45, 7) is 0.844. The highest BCUT2D eigenvalue weighted by molar-refractivity contribution is 6.05. The van der Waals surface area contributed by atoms with E-state index in [-0.39, 0.29) is 6.54 Å². The van der Waals surface area contributed by atoms with Crippen molar-refractivity contribution in [2.24, 2.45) is 5.92 Å². The number of ether oxygens (including phenoxy) is 1. The molecule has 3 rings (SSSR count). The number of rotatable bonds is 6. The average Bonchev–Trinajstić information content (AvgIpc) is 2.91. The summed E-state index contributed by atoms with van der Waals surface area (Å²) in [6.07, 6.45) is -1.39. The Morgan fingerprint density at radius 2 is 1.90 bits per heavy atom. The Labute approximate surface area is 168 Å². The quantitative estimate of drug-likeness (QED) is 0.537. The zero-order valence-electron chi connectivity index (χ0n) is 16.3. The molecule has 0 radical (unpaired) electrons. The first kappa shape index (κ1) is 20.6. The molecule has 0 bridgehead atoms. The Morgan fingerprint density at radius 1 is 1.24 bits per heavy atom. The van der Waals surface area contributed by atoms with E-state index in [1.54, 1.807) is 55.6 Å². The first-order valence-corrected chi connectivity index (χ1v) is 9.24. The molecule has 1 saturated heterocycles. The third kappa shape index (κ3) is 3.52. The van der Waals surface area contributed by atoms with Crippen molar-refractivity contribution in [3.63, 3.8) is 0 Å². The van der Waals surface area contributed by atoms with Gasteiger partial charge in [0, 0.05) is 6.54 Å². The molecule has 0 aromatic heterocycles. The van der Waals surface area contributed by atoms with Crippen LogP contribution in [0.5, 0.6) is 5.75 Å². The summed E-state index contributed by atoms with van der Waals surface area (Å²) in [5, 5.41) is 23.6. The number of likely N-dealkylation sites (tertiary alicyclic amines) is 1. The second-order valence-electron chi connectivity index (χ2n) is 7.13. The molecular weight excluding hydrogens is 374 g/mol. The van der Waals surface area contributed by atoms with Crippen LogP contribution in [0.15, 0.2) is 48.5 Å². The van der Waals surface area contributed by atoms with E-state index in [9.17, 15) is 19.8 Å². The number of para-hydroxylation sites is 2. The van der Waals surface area contributed by atoms with Gasteiger partial charge in [0.1, 0.15) is 5.75 Å². The molecule has 0 unspecified atom stereocenters. The molecule has 8 heteroatoms. The van der Waals surface area contributed by atoms with Gasteiger partial charge in [-0.1, -0.05) is 31.2 Å². The molecule has 154 valence electrons. The number of aliphatic hydroxyl groups is 2. The van der Waals surface area contributed by atoms with E-state index >= 15 is 0 Å². The third-order valence-corrected chi connectivity index (χ3v) is 5.44. The van der Waals surface area contributed by atoms with Gasteiger partial charge in [0.25, 0.3) is 5.91 Å². The van der Waals surface area contributed by atoms with E-state index in [4.69, 9.17) is 10.5 Å². The van der Waals surface area contributed by atoms with E-state index in [2.05, 4.69) is 5.32 Å². The number of hydrogen-bond donors (Lipinski definition) is 4. The van der Waals surface area contributed by atoms with Crippen LogP contribution in [0.3, 0.4) is 0 Å². The Bertz CT molecular complexity index is 901. The maximum atomic E-state index is 13.2. The monoisotopic (exact) mass is 399 g/mol. The number of aliphatic hydroxyl groups excluding tert-OH is 2. The van der Waals surface area contributed by atoms with Crippen molar-refractivity contribution < 1.29 is 24.5 Å². The number of nitrogens with zero attached hydrogens (tertiary/aromatic N) is 1. The highest BCUT2D eigenvalue weighted by Gasteiger charge is 2.61. The van der Waals surface area contributed by atoms with Gasteiger partial charge < -0.3 is 30.9 Å². The Balaban J connectivity index is 1.96. The Hall–Kier alpha value is -3.10. The molecular formula is C21H25N3O5. The molecule has 1 heterocycles. The van der Waals surface area contributed by atoms with Gasteiger partial charge in [-0.25, -0.2) is 0 Å². The smallest absolute Gasteiger partial charge is 0.255 e. The summed E-state index contributed by atoms with van der Waals surface area (Å²) in [5.74, 6) is -1.31. The lowest BCUT2D eigenvalue weighted by Crippen LogP contribution is -2.62. The van der Waals surface area contributed by atoms with Gasteiger partial charge in [-0.15, -0.1) is 0 Å². The molecule has 1 fully saturated rings. The van der Waals surface area contributed by atoms with Gasteiger partial charge in [-0.3, -0.25) is 9.59 Å². The van der Waals surface area contributed by atoms with Crippen molar-refractivity contribution in [1.82, 2.24) is 4.90 Å². The van der Waals surface area contributed by atoms with Gasteiger partial charge in [0.05, 0.1) is 37.1 Å². The summed E-state index contributed by atoms with van der Waals surface area (Å²) in [4.78, 5) is 27.3. The van der Waals surface area contributed by atoms with Crippen LogP contribution >= 0.6 is 0 Å². The second-order valence-corrected chi connectivity index (χ2v) is 7.13. The molecule has 5 N–H and O–H groups in total. The number of nitrogen functional groups attached to an aromatic ring is 1. The molecule has 0 saturated carbocycles. The zero-order valence-corrected chi connectivity index (χ0v) is 16.3. The van der Waals surface area contributed by atoms with E-state index in [0.29, 0.717) is 17.1 Å². The molecule has 2 amide bonds. The largest absolute Gasteiger partial charge is 0.497 e. The average molecular weight is 399 g/mol. The van der Waals surface area contributed by atoms with Crippen molar-refractivity contribution >= 4 is 23.2 Å². The van der Waals surface area contributed by atoms with E-state index in [1.807, 2.05) is 0 Å². The number of nitrogens with one attached hydrogen (secondary N) is 1. The topological polar surface area (TPSA) is 125 Å². The van der Waals surface area contributed by atoms with Crippen molar-refractivity contribution in [3.05, 3.63) is 54.1 Å². The fourth-order valence-electron chi connectivity index (χ4n) is 3.63. The summed E-state index contributed by atoms with van der Waals surface area (Å²) in [6, 6.07) is 13.6. The number of amides is 2. The van der Waals surface area contributed by atoms with Crippen LogP contribution in [-0.2, 0) is 16.1 Å². The van der Waals surface area contributed by atoms with Crippen molar-refractivity contribution in [3.8, 4) is 5.75 Å². The predicted molar refractivity (Wildman–Crippen MR) is 108 cm³/mol. The first-order chi connectivity index (χ1) is 13.8. The van der Waals surface area contributed by atoms with Gasteiger partial charge in [0.2, 0.25) is 5.91 Å². The number of methoxy groups -OCH3 is 1. The van der Waals surface area contributed by atoms with E-state index in [1.165, 1.54) is 11.8 Å². The molecule has 1 aliphatic rings. The summed E-state index contributed by atoms with van der Waals surface area (Å²) in [7, 11) is 1.55. The number of anilines is 2. The fraction of sp³-hybridized carbons (Fsp3) is 0.333. The molecule has 29 heavy (non-hydrogen) atoms. The van der Waals surface area contributed by atoms with E-state index < -0.39 is 36.0 Å². The van der Waals surface area contributed by atoms with Crippen molar-refractivity contribution in [2.45, 2.75) is 25.1 Å². The maximum Gasteiger partial charge on any atom is 0.255 e. The minimum atomic E-state index is -1.83. The molecule has 3 atom stereocenters. The summed E-state index contributed by atoms with van der Waals surface area (Å²) >= 11 is 0. The van der Waals surface area contributed by atoms with Crippen LogP contribution in [-0.4, -0.2) is 52.3 Å². The molecule has 0 aliphatic carbocycles. The number of nitrogens with two attached hydrogens (primary N) is 1. The normalized spacial score (nSPS) is 23.9. The number of carbonyl (C=O) groups is 2. The minimum Gasteiger partial charge on any atom is -0.497 e. The second kappa shape index (κ2) is 8.10. The SMILES string of the molecule is COc1ccc(CN2C(=O)[C@H](C)[C@H](O)[C@]2(CO)C(=O)Nc2ccccc2N)cc1. The molecule has 2 aromatic carbocycles. The predicted octanol–water partition coefficient (Wildman–Crippen LogP) is 0.986. The Morgan fingerprint density at radius 3 is 2.48 bits per heavy atom. The lowest BCUT2D eigenvalue weighted by atomic mass is 9.88. The molecule has 1 aliphatic heterocycles. The number of hydrogen-bond acceptors (Lipinski definition) is 6. The van der Waals surface area contributed by atoms with Gasteiger partial charge >= 0.3 is 0 Å². The van der Waals surface area contributed by atoms with Crippen LogP contribution in [0, 0.1) is 5.92 Å². The standard InChI is InChI=1S/C21H25N3O5/c1-13-18(26)21(12-25,20(28)23-17-6-4-3-5-16(17)22)24(19(13)27)11-14-7-9-15(29-2)10-8-14/h3-10,13,18,25-26H,11-12,22H2,1-2H3,(H,23,28)/t13-,18+,21-/m1/s1. The summed E-state index contributed by atoms with van der Waals surface area (Å²) in [5.41, 5.74) is 5.46. The van der Waals surface area contributed by atoms with Crippen LogP contribution in [0.2, 0.25) is 0 Å². The highest BCUT2D eigenvalue weighted by atomic mass is 16.5. The third-order valence-electron chi connectivity index (χ3n) is 5.44. The van der Waals surface area contributed by atoms with Crippen LogP contribution in [0.25, 0.3) is 0 Å². The summed E-state index contributed by atoms with van der Waals surface area (Å²) < 4.78 is 5.14. The van der Waals surface area contributed by atoms with Gasteiger partial charge in [0.15, 0.2) is 5.54 Å².